The van der Waals surface area contributed by atoms with Gasteiger partial charge in [0, 0.05) is 27.7 Å². The van der Waals surface area contributed by atoms with Crippen molar-refractivity contribution in [1.82, 2.24) is 10.6 Å². The van der Waals surface area contributed by atoms with Gasteiger partial charge in [0.15, 0.2) is 18.8 Å². The molecule has 3 N–H and O–H groups in total. The van der Waals surface area contributed by atoms with Gasteiger partial charge in [-0.15, -0.1) is 6.42 Å². The van der Waals surface area contributed by atoms with Crippen LogP contribution in [0.15, 0.2) is 24.3 Å². The lowest BCUT2D eigenvalue weighted by Crippen LogP contribution is -2.70. The predicted molar refractivity (Wildman–Crippen MR) is 181 cm³/mol. The van der Waals surface area contributed by atoms with Gasteiger partial charge < -0.3 is 58.4 Å². The van der Waals surface area contributed by atoms with E-state index in [0.717, 1.165) is 34.8 Å². The molecule has 19 nitrogen and oxygen atoms in total. The van der Waals surface area contributed by atoms with E-state index in [1.165, 1.54) is 18.2 Å². The molecule has 1 aromatic rings. The largest absolute Gasteiger partial charge is 0.508 e. The number of ether oxygens (including phenoxy) is 9. The van der Waals surface area contributed by atoms with Gasteiger partial charge in [0.1, 0.15) is 24.6 Å². The van der Waals surface area contributed by atoms with Crippen LogP contribution in [0.5, 0.6) is 5.75 Å². The minimum atomic E-state index is -2.43. The molecule has 2 amide bonds. The maximum atomic E-state index is 13.5. The maximum absolute atomic E-state index is 13.5. The van der Waals surface area contributed by atoms with Crippen molar-refractivity contribution in [1.29, 1.82) is 0 Å². The topological polar surface area (TPSA) is 247 Å². The highest BCUT2D eigenvalue weighted by molar-refractivity contribution is 5.81. The number of carbonyl (C=O) groups is 7. The zero-order valence-corrected chi connectivity index (χ0v) is 30.6. The number of phenolic OH excluding ortho intramolecular Hbond substituents is 1. The molecule has 0 saturated carbocycles. The number of hydrogen-bond donors (Lipinski definition) is 3. The predicted octanol–water partition coefficient (Wildman–Crippen LogP) is -0.765. The molecule has 1 saturated heterocycles. The first-order valence-corrected chi connectivity index (χ1v) is 16.6. The van der Waals surface area contributed by atoms with E-state index in [1.807, 2.05) is 0 Å². The number of nitrogens with one attached hydrogen (secondary N) is 2. The lowest BCUT2D eigenvalue weighted by molar-refractivity contribution is -0.315. The molecule has 1 heterocycles. The summed E-state index contributed by atoms with van der Waals surface area (Å²) < 4.78 is 49.2. The number of esters is 5. The van der Waals surface area contributed by atoms with E-state index in [1.54, 1.807) is 6.07 Å². The summed E-state index contributed by atoms with van der Waals surface area (Å²) >= 11 is 0. The zero-order chi connectivity index (χ0) is 40.3. The van der Waals surface area contributed by atoms with Crippen molar-refractivity contribution in [2.45, 2.75) is 76.8 Å². The van der Waals surface area contributed by atoms with Crippen molar-refractivity contribution in [3.63, 3.8) is 0 Å². The normalized spacial score (nSPS) is 20.2. The van der Waals surface area contributed by atoms with Crippen molar-refractivity contribution >= 4 is 41.7 Å². The fraction of sp³-hybridized carbons (Fsp3) is 0.571. The van der Waals surface area contributed by atoms with Crippen LogP contribution in [0.3, 0.4) is 0 Å². The summed E-state index contributed by atoms with van der Waals surface area (Å²) in [5.74, 6) is -6.43. The van der Waals surface area contributed by atoms with Crippen LogP contribution in [-0.2, 0) is 82.6 Å². The number of terminal acetylenes is 1. The first-order valence-electron chi connectivity index (χ1n) is 16.6. The first kappa shape index (κ1) is 44.9. The van der Waals surface area contributed by atoms with E-state index in [-0.39, 0.29) is 45.2 Å². The zero-order valence-electron chi connectivity index (χ0n) is 30.6. The smallest absolute Gasteiger partial charge is 0.366 e. The third kappa shape index (κ3) is 15.4. The molecule has 0 aliphatic carbocycles. The summed E-state index contributed by atoms with van der Waals surface area (Å²) in [7, 11) is 1.02. The Balaban J connectivity index is 2.61. The number of carbonyl (C=O) groups excluding carboxylic acids is 7. The molecule has 54 heavy (non-hydrogen) atoms. The quantitative estimate of drug-likeness (QED) is 0.0602. The molecule has 1 aliphatic rings. The van der Waals surface area contributed by atoms with Gasteiger partial charge in [0.2, 0.25) is 5.91 Å². The summed E-state index contributed by atoms with van der Waals surface area (Å²) in [5.41, 5.74) is 0.438. The fourth-order valence-corrected chi connectivity index (χ4v) is 5.28. The molecule has 1 aliphatic heterocycles. The number of amides is 2. The van der Waals surface area contributed by atoms with Crippen LogP contribution in [0.25, 0.3) is 0 Å². The SMILES string of the molecule is C#CCOCCOCCO[C@]1(C(=O)OC)C[C@H](OC(C)=O)[C@@H](NC(=O)COC(C)=O)[C@H]([C@H](OC(C)=O)[C@@H](CNC(=O)Cc2cccc(O)c2)OC(C)=O)O1. The Morgan fingerprint density at radius 2 is 1.63 bits per heavy atom. The second kappa shape index (κ2) is 22.7. The van der Waals surface area contributed by atoms with Gasteiger partial charge in [-0.3, -0.25) is 28.8 Å². The first-order chi connectivity index (χ1) is 25.6. The molecule has 2 rings (SSSR count). The van der Waals surface area contributed by atoms with Crippen LogP contribution in [0, 0.1) is 12.3 Å². The molecule has 1 aromatic carbocycles. The van der Waals surface area contributed by atoms with Gasteiger partial charge in [0.25, 0.3) is 11.7 Å². The lowest BCUT2D eigenvalue weighted by Gasteiger charge is -2.48. The van der Waals surface area contributed by atoms with E-state index < -0.39 is 97.5 Å². The highest BCUT2D eigenvalue weighted by atomic mass is 16.7. The van der Waals surface area contributed by atoms with Crippen molar-refractivity contribution in [2.24, 2.45) is 0 Å². The standard InChI is InChI=1S/C35H46N2O17/c1-7-11-47-12-13-48-14-15-50-35(34(45)46-6)18-27(51-22(3)39)31(37-30(44)20-49-21(2)38)33(54-35)32(53-24(5)41)28(52-23(4)40)19-36-29(43)17-25-9-8-10-26(42)16-25/h1,8-10,16,27-28,31-33,42H,11-15,17-20H2,2-6H3,(H,36,43)(H,37,44)/t27-,28+,31+,32+,33+,35+/m0/s1. The third-order valence-corrected chi connectivity index (χ3v) is 7.30. The second-order valence-corrected chi connectivity index (χ2v) is 11.6. The monoisotopic (exact) mass is 766 g/mol. The molecule has 0 radical (unpaired) electrons. The maximum Gasteiger partial charge on any atom is 0.366 e. The fourth-order valence-electron chi connectivity index (χ4n) is 5.28. The van der Waals surface area contributed by atoms with E-state index in [2.05, 4.69) is 16.6 Å². The molecule has 0 bridgehead atoms. The summed E-state index contributed by atoms with van der Waals surface area (Å²) in [5, 5.41) is 14.9. The Hall–Kier alpha value is -5.29. The number of hydrogen-bond acceptors (Lipinski definition) is 17. The van der Waals surface area contributed by atoms with Crippen molar-refractivity contribution in [3.05, 3.63) is 29.8 Å². The minimum absolute atomic E-state index is 0.0652. The van der Waals surface area contributed by atoms with Gasteiger partial charge in [-0.05, 0) is 17.7 Å². The molecular weight excluding hydrogens is 720 g/mol. The lowest BCUT2D eigenvalue weighted by atomic mass is 9.87. The van der Waals surface area contributed by atoms with Crippen molar-refractivity contribution in [3.8, 4) is 18.1 Å². The summed E-state index contributed by atoms with van der Waals surface area (Å²) in [6, 6.07) is 4.38. The van der Waals surface area contributed by atoms with Gasteiger partial charge in [0.05, 0.1) is 59.0 Å². The van der Waals surface area contributed by atoms with Gasteiger partial charge in [-0.25, -0.2) is 4.79 Å². The Bertz CT molecular complexity index is 1510. The number of aromatic hydroxyl groups is 1. The average Bonchev–Trinajstić information content (AvgIpc) is 3.09. The van der Waals surface area contributed by atoms with Crippen LogP contribution in [-0.4, -0.2) is 136 Å². The number of rotatable bonds is 21. The highest BCUT2D eigenvalue weighted by Crippen LogP contribution is 2.37. The molecule has 298 valence electrons. The van der Waals surface area contributed by atoms with Crippen LogP contribution in [0.2, 0.25) is 0 Å². The average molecular weight is 767 g/mol. The van der Waals surface area contributed by atoms with Crippen LogP contribution in [0.4, 0.5) is 0 Å². The molecule has 6 atom stereocenters. The van der Waals surface area contributed by atoms with E-state index in [9.17, 15) is 38.7 Å². The molecule has 0 spiro atoms. The molecule has 1 fully saturated rings. The van der Waals surface area contributed by atoms with Gasteiger partial charge >= 0.3 is 29.8 Å². The third-order valence-electron chi connectivity index (χ3n) is 7.30. The summed E-state index contributed by atoms with van der Waals surface area (Å²) in [6.07, 6.45) is -2.32. The summed E-state index contributed by atoms with van der Waals surface area (Å²) in [6.45, 7) is 2.69. The number of benzene rings is 1. The Labute approximate surface area is 311 Å². The van der Waals surface area contributed by atoms with Gasteiger partial charge in [-0.2, -0.15) is 0 Å². The van der Waals surface area contributed by atoms with Gasteiger partial charge in [-0.1, -0.05) is 18.1 Å². The Kier molecular flexibility index (Phi) is 18.9. The highest BCUT2D eigenvalue weighted by Gasteiger charge is 2.59. The van der Waals surface area contributed by atoms with Crippen LogP contribution < -0.4 is 10.6 Å². The molecule has 0 unspecified atom stereocenters. The van der Waals surface area contributed by atoms with E-state index in [4.69, 9.17) is 49.1 Å². The second-order valence-electron chi connectivity index (χ2n) is 11.6. The van der Waals surface area contributed by atoms with E-state index in [0.29, 0.717) is 5.56 Å². The van der Waals surface area contributed by atoms with E-state index >= 15 is 0 Å². The number of phenols is 1. The molecule has 19 heteroatoms. The van der Waals surface area contributed by atoms with Crippen LogP contribution in [0.1, 0.15) is 39.7 Å². The minimum Gasteiger partial charge on any atom is -0.508 e. The molecular formula is C35H46N2O17. The Morgan fingerprint density at radius 1 is 0.944 bits per heavy atom. The number of methoxy groups -OCH3 is 1. The van der Waals surface area contributed by atoms with Crippen molar-refractivity contribution < 1.29 is 81.3 Å². The van der Waals surface area contributed by atoms with Crippen molar-refractivity contribution in [2.75, 3.05) is 53.3 Å². The molecule has 0 aromatic heterocycles. The summed E-state index contributed by atoms with van der Waals surface area (Å²) in [4.78, 5) is 88.5. The van der Waals surface area contributed by atoms with Crippen LogP contribution >= 0.6 is 0 Å². The Morgan fingerprint density at radius 3 is 2.24 bits per heavy atom.